The van der Waals surface area contributed by atoms with Gasteiger partial charge in [-0.2, -0.15) is 0 Å². The summed E-state index contributed by atoms with van der Waals surface area (Å²) < 4.78 is 5.96. The summed E-state index contributed by atoms with van der Waals surface area (Å²) in [6.07, 6.45) is 4.85. The number of nitrogens with zero attached hydrogens (tertiary/aromatic N) is 1. The molecule has 0 spiro atoms. The van der Waals surface area contributed by atoms with Crippen molar-refractivity contribution in [3.05, 3.63) is 104 Å². The van der Waals surface area contributed by atoms with E-state index < -0.39 is 0 Å². The fraction of sp³-hybridized carbons (Fsp3) is 0.125. The number of ether oxygens (including phenoxy) is 1. The minimum atomic E-state index is 0.439. The van der Waals surface area contributed by atoms with Crippen molar-refractivity contribution in [2.45, 2.75) is 13.0 Å². The van der Waals surface area contributed by atoms with E-state index in [9.17, 15) is 0 Å². The van der Waals surface area contributed by atoms with Crippen molar-refractivity contribution >= 4 is 46.6 Å². The Morgan fingerprint density at radius 2 is 1.76 bits per heavy atom. The van der Waals surface area contributed by atoms with E-state index in [2.05, 4.69) is 17.1 Å². The van der Waals surface area contributed by atoms with Crippen LogP contribution < -0.4 is 4.74 Å². The van der Waals surface area contributed by atoms with Crippen LogP contribution in [0, 0.1) is 0 Å². The quantitative estimate of drug-likeness (QED) is 0.406. The third kappa shape index (κ3) is 4.84. The molecular formula is C24H18Cl3NO. The van der Waals surface area contributed by atoms with Gasteiger partial charge in [-0.15, -0.1) is 0 Å². The Balaban J connectivity index is 1.51. The van der Waals surface area contributed by atoms with Crippen molar-refractivity contribution in [3.63, 3.8) is 0 Å². The van der Waals surface area contributed by atoms with Gasteiger partial charge in [-0.25, -0.2) is 0 Å². The first kappa shape index (κ1) is 20.0. The largest absolute Gasteiger partial charge is 0.489 e. The molecular weight excluding hydrogens is 425 g/mol. The number of fused-ring (bicyclic) bond motifs is 1. The Morgan fingerprint density at radius 3 is 2.59 bits per heavy atom. The molecule has 0 N–H and O–H groups in total. The van der Waals surface area contributed by atoms with Gasteiger partial charge in [-0.3, -0.25) is 4.99 Å². The number of hydrogen-bond acceptors (Lipinski definition) is 2. The highest BCUT2D eigenvalue weighted by Gasteiger charge is 2.13. The van der Waals surface area contributed by atoms with Crippen LogP contribution >= 0.6 is 34.8 Å². The lowest BCUT2D eigenvalue weighted by molar-refractivity contribution is 0.306. The zero-order valence-corrected chi connectivity index (χ0v) is 17.8. The Kier molecular flexibility index (Phi) is 6.25. The van der Waals surface area contributed by atoms with E-state index in [0.717, 1.165) is 41.1 Å². The molecule has 0 unspecified atom stereocenters. The summed E-state index contributed by atoms with van der Waals surface area (Å²) in [5, 5.41) is 1.96. The second-order valence-corrected chi connectivity index (χ2v) is 7.97. The van der Waals surface area contributed by atoms with Crippen molar-refractivity contribution < 1.29 is 4.74 Å². The van der Waals surface area contributed by atoms with Crippen LogP contribution in [0.2, 0.25) is 15.1 Å². The molecule has 2 nitrogen and oxygen atoms in total. The molecule has 1 heterocycles. The normalized spacial score (nSPS) is 13.3. The minimum absolute atomic E-state index is 0.439. The van der Waals surface area contributed by atoms with Gasteiger partial charge in [0, 0.05) is 32.7 Å². The van der Waals surface area contributed by atoms with E-state index in [1.54, 1.807) is 6.07 Å². The van der Waals surface area contributed by atoms with E-state index in [0.29, 0.717) is 21.7 Å². The lowest BCUT2D eigenvalue weighted by atomic mass is 9.96. The monoisotopic (exact) mass is 441 g/mol. The third-order valence-electron chi connectivity index (χ3n) is 4.75. The SMILES string of the molecule is Clc1ccc(/C=C/C2=NCCc3cc(OCc4ccccc4Cl)ccc32)c(Cl)c1. The maximum Gasteiger partial charge on any atom is 0.120 e. The number of hydrogen-bond donors (Lipinski definition) is 0. The Bertz CT molecular complexity index is 1110. The average Bonchev–Trinajstić information content (AvgIpc) is 2.72. The van der Waals surface area contributed by atoms with Crippen molar-refractivity contribution in [2.75, 3.05) is 6.54 Å². The van der Waals surface area contributed by atoms with Crippen LogP contribution in [0.4, 0.5) is 0 Å². The smallest absolute Gasteiger partial charge is 0.120 e. The minimum Gasteiger partial charge on any atom is -0.489 e. The summed E-state index contributed by atoms with van der Waals surface area (Å²) in [4.78, 5) is 4.67. The van der Waals surface area contributed by atoms with Crippen molar-refractivity contribution in [1.82, 2.24) is 0 Å². The molecule has 4 rings (SSSR count). The van der Waals surface area contributed by atoms with Gasteiger partial charge in [0.15, 0.2) is 0 Å². The molecule has 1 aliphatic rings. The van der Waals surface area contributed by atoms with E-state index in [-0.39, 0.29) is 0 Å². The van der Waals surface area contributed by atoms with E-state index in [4.69, 9.17) is 39.5 Å². The van der Waals surface area contributed by atoms with Crippen LogP contribution in [-0.2, 0) is 13.0 Å². The maximum atomic E-state index is 6.26. The molecule has 0 atom stereocenters. The predicted molar refractivity (Wildman–Crippen MR) is 123 cm³/mol. The van der Waals surface area contributed by atoms with Crippen molar-refractivity contribution in [2.24, 2.45) is 4.99 Å². The standard InChI is InChI=1S/C24H18Cl3NO/c25-19-7-5-16(23(27)14-19)6-10-24-21-9-8-20(13-17(21)11-12-28-24)29-15-18-3-1-2-4-22(18)26/h1-10,13-14H,11-12,15H2/b10-6+. The summed E-state index contributed by atoms with van der Waals surface area (Å²) in [6, 6.07) is 19.3. The molecule has 0 radical (unpaired) electrons. The zero-order valence-electron chi connectivity index (χ0n) is 15.5. The molecule has 0 fully saturated rings. The van der Waals surface area contributed by atoms with Crippen molar-refractivity contribution in [1.29, 1.82) is 0 Å². The van der Waals surface area contributed by atoms with E-state index in [1.807, 2.05) is 54.6 Å². The number of aliphatic imine (C=N–C) groups is 1. The number of halogens is 3. The number of benzene rings is 3. The van der Waals surface area contributed by atoms with Crippen molar-refractivity contribution in [3.8, 4) is 5.75 Å². The molecule has 1 aliphatic heterocycles. The van der Waals surface area contributed by atoms with E-state index >= 15 is 0 Å². The molecule has 0 aliphatic carbocycles. The summed E-state index contributed by atoms with van der Waals surface area (Å²) in [5.41, 5.74) is 5.15. The molecule has 0 bridgehead atoms. The van der Waals surface area contributed by atoms with Crippen LogP contribution in [0.3, 0.4) is 0 Å². The molecule has 0 aromatic heterocycles. The average molecular weight is 443 g/mol. The highest BCUT2D eigenvalue weighted by Crippen LogP contribution is 2.26. The van der Waals surface area contributed by atoms with Crippen LogP contribution in [0.15, 0.2) is 71.7 Å². The summed E-state index contributed by atoms with van der Waals surface area (Å²) in [6.45, 7) is 1.18. The summed E-state index contributed by atoms with van der Waals surface area (Å²) in [7, 11) is 0. The zero-order chi connectivity index (χ0) is 20.2. The first-order chi connectivity index (χ1) is 14.1. The molecule has 0 amide bonds. The summed E-state index contributed by atoms with van der Waals surface area (Å²) >= 11 is 18.4. The lowest BCUT2D eigenvalue weighted by Gasteiger charge is -2.17. The first-order valence-electron chi connectivity index (χ1n) is 9.27. The van der Waals surface area contributed by atoms with Crippen LogP contribution in [0.1, 0.15) is 22.3 Å². The van der Waals surface area contributed by atoms with Gasteiger partial charge in [0.25, 0.3) is 0 Å². The van der Waals surface area contributed by atoms with E-state index in [1.165, 1.54) is 5.56 Å². The van der Waals surface area contributed by atoms with Crippen LogP contribution in [-0.4, -0.2) is 12.3 Å². The maximum absolute atomic E-state index is 6.26. The van der Waals surface area contributed by atoms with Gasteiger partial charge in [0.2, 0.25) is 0 Å². The second-order valence-electron chi connectivity index (χ2n) is 6.72. The van der Waals surface area contributed by atoms with Gasteiger partial charge < -0.3 is 4.74 Å². The van der Waals surface area contributed by atoms with Crippen LogP contribution in [0.5, 0.6) is 5.75 Å². The van der Waals surface area contributed by atoms with Gasteiger partial charge in [-0.1, -0.05) is 65.1 Å². The molecule has 5 heteroatoms. The molecule has 146 valence electrons. The molecule has 29 heavy (non-hydrogen) atoms. The molecule has 3 aromatic rings. The number of rotatable bonds is 5. The predicted octanol–water partition coefficient (Wildman–Crippen LogP) is 7.28. The fourth-order valence-electron chi connectivity index (χ4n) is 3.22. The first-order valence-corrected chi connectivity index (χ1v) is 10.4. The third-order valence-corrected chi connectivity index (χ3v) is 5.68. The summed E-state index contributed by atoms with van der Waals surface area (Å²) in [5.74, 6) is 0.828. The highest BCUT2D eigenvalue weighted by atomic mass is 35.5. The second kappa shape index (κ2) is 9.04. The Labute approximate surface area is 185 Å². The Hall–Kier alpha value is -2.26. The molecule has 0 saturated carbocycles. The topological polar surface area (TPSA) is 21.6 Å². The number of allylic oxidation sites excluding steroid dienone is 1. The van der Waals surface area contributed by atoms with Gasteiger partial charge in [0.05, 0.1) is 5.71 Å². The van der Waals surface area contributed by atoms with Crippen LogP contribution in [0.25, 0.3) is 6.08 Å². The molecule has 0 saturated heterocycles. The highest BCUT2D eigenvalue weighted by molar-refractivity contribution is 6.35. The fourth-order valence-corrected chi connectivity index (χ4v) is 3.88. The lowest BCUT2D eigenvalue weighted by Crippen LogP contribution is -2.11. The van der Waals surface area contributed by atoms with Gasteiger partial charge in [-0.05, 0) is 60.0 Å². The molecule has 3 aromatic carbocycles. The van der Waals surface area contributed by atoms with Gasteiger partial charge >= 0.3 is 0 Å². The Morgan fingerprint density at radius 1 is 0.897 bits per heavy atom. The van der Waals surface area contributed by atoms with Gasteiger partial charge in [0.1, 0.15) is 12.4 Å².